The van der Waals surface area contributed by atoms with Gasteiger partial charge in [-0.05, 0) is 51.4 Å². The van der Waals surface area contributed by atoms with Crippen LogP contribution in [0.5, 0.6) is 5.75 Å². The Kier molecular flexibility index (Phi) is 6.22. The van der Waals surface area contributed by atoms with Crippen molar-refractivity contribution in [2.75, 3.05) is 43.9 Å². The van der Waals surface area contributed by atoms with E-state index in [1.165, 1.54) is 32.0 Å². The molecule has 6 nitrogen and oxygen atoms in total. The highest BCUT2D eigenvalue weighted by molar-refractivity contribution is 5.57. The summed E-state index contributed by atoms with van der Waals surface area (Å²) in [5.74, 6) is 1.07. The molecule has 1 fully saturated rings. The molecule has 1 aliphatic heterocycles. The molecule has 1 aromatic carbocycles. The molecule has 7 heteroatoms. The number of nitrogens with zero attached hydrogens (tertiary/aromatic N) is 3. The highest BCUT2D eigenvalue weighted by Crippen LogP contribution is 2.24. The lowest BCUT2D eigenvalue weighted by Crippen LogP contribution is -2.22. The molecule has 0 radical (unpaired) electrons. The van der Waals surface area contributed by atoms with Crippen LogP contribution in [0.4, 0.5) is 21.8 Å². The number of hydrogen-bond acceptors (Lipinski definition) is 6. The second-order valence-corrected chi connectivity index (χ2v) is 6.49. The van der Waals surface area contributed by atoms with E-state index in [1.54, 1.807) is 19.2 Å². The third kappa shape index (κ3) is 5.05. The van der Waals surface area contributed by atoms with Crippen molar-refractivity contribution in [3.63, 3.8) is 0 Å². The van der Waals surface area contributed by atoms with Gasteiger partial charge in [0.2, 0.25) is 5.95 Å². The standard InChI is InChI=1S/C19H26FN5O/c1-14-12-18(21-2)24-19(22-14)23-15-6-7-16(20)17(13-15)26-11-5-10-25-8-3-4-9-25/h6-7,12-13H,3-5,8-11H2,1-2H3,(H2,21,22,23,24). The van der Waals surface area contributed by atoms with E-state index in [2.05, 4.69) is 25.5 Å². The molecular weight excluding hydrogens is 333 g/mol. The number of hydrogen-bond donors (Lipinski definition) is 2. The van der Waals surface area contributed by atoms with Gasteiger partial charge in [0, 0.05) is 37.1 Å². The number of anilines is 3. The lowest BCUT2D eigenvalue weighted by atomic mass is 10.3. The van der Waals surface area contributed by atoms with Gasteiger partial charge in [-0.15, -0.1) is 0 Å². The Hall–Kier alpha value is -2.41. The van der Waals surface area contributed by atoms with Crippen LogP contribution in [-0.2, 0) is 0 Å². The molecule has 0 amide bonds. The van der Waals surface area contributed by atoms with Crippen LogP contribution >= 0.6 is 0 Å². The highest BCUT2D eigenvalue weighted by Gasteiger charge is 2.11. The summed E-state index contributed by atoms with van der Waals surface area (Å²) in [4.78, 5) is 11.1. The van der Waals surface area contributed by atoms with Crippen LogP contribution < -0.4 is 15.4 Å². The fraction of sp³-hybridized carbons (Fsp3) is 0.474. The van der Waals surface area contributed by atoms with Crippen LogP contribution in [0.3, 0.4) is 0 Å². The maximum Gasteiger partial charge on any atom is 0.229 e. The number of likely N-dealkylation sites (tertiary alicyclic amines) is 1. The maximum atomic E-state index is 14.0. The van der Waals surface area contributed by atoms with Gasteiger partial charge < -0.3 is 20.3 Å². The average Bonchev–Trinajstić information content (AvgIpc) is 3.14. The van der Waals surface area contributed by atoms with Crippen molar-refractivity contribution in [2.45, 2.75) is 26.2 Å². The number of rotatable bonds is 8. The second-order valence-electron chi connectivity index (χ2n) is 6.49. The number of nitrogens with one attached hydrogen (secondary N) is 2. The zero-order valence-electron chi connectivity index (χ0n) is 15.4. The Labute approximate surface area is 153 Å². The lowest BCUT2D eigenvalue weighted by Gasteiger charge is -2.15. The van der Waals surface area contributed by atoms with E-state index in [4.69, 9.17) is 4.74 Å². The highest BCUT2D eigenvalue weighted by atomic mass is 19.1. The van der Waals surface area contributed by atoms with Gasteiger partial charge in [-0.2, -0.15) is 4.98 Å². The van der Waals surface area contributed by atoms with Crippen LogP contribution in [0.25, 0.3) is 0 Å². The van der Waals surface area contributed by atoms with Gasteiger partial charge in [0.15, 0.2) is 11.6 Å². The maximum absolute atomic E-state index is 14.0. The van der Waals surface area contributed by atoms with Crippen LogP contribution in [0.1, 0.15) is 25.0 Å². The van der Waals surface area contributed by atoms with Crippen molar-refractivity contribution in [1.82, 2.24) is 14.9 Å². The summed E-state index contributed by atoms with van der Waals surface area (Å²) in [5, 5.41) is 6.10. The molecule has 2 aromatic rings. The Balaban J connectivity index is 1.59. The number of aromatic nitrogens is 2. The van der Waals surface area contributed by atoms with E-state index in [0.717, 1.165) is 24.5 Å². The Bertz CT molecular complexity index is 734. The molecule has 0 bridgehead atoms. The predicted molar refractivity (Wildman–Crippen MR) is 102 cm³/mol. The molecule has 1 saturated heterocycles. The molecule has 2 N–H and O–H groups in total. The summed E-state index contributed by atoms with van der Waals surface area (Å²) in [6.07, 6.45) is 3.45. The first-order valence-corrected chi connectivity index (χ1v) is 9.09. The first-order valence-electron chi connectivity index (χ1n) is 9.09. The Morgan fingerprint density at radius 2 is 2.00 bits per heavy atom. The zero-order valence-corrected chi connectivity index (χ0v) is 15.4. The van der Waals surface area contributed by atoms with E-state index in [9.17, 15) is 4.39 Å². The Morgan fingerprint density at radius 3 is 2.77 bits per heavy atom. The van der Waals surface area contributed by atoms with Gasteiger partial charge >= 0.3 is 0 Å². The summed E-state index contributed by atoms with van der Waals surface area (Å²) < 4.78 is 19.7. The molecule has 0 spiro atoms. The van der Waals surface area contributed by atoms with Crippen molar-refractivity contribution < 1.29 is 9.13 Å². The van der Waals surface area contributed by atoms with Crippen molar-refractivity contribution in [3.8, 4) is 5.75 Å². The van der Waals surface area contributed by atoms with Crippen molar-refractivity contribution >= 4 is 17.5 Å². The van der Waals surface area contributed by atoms with Crippen LogP contribution in [0.15, 0.2) is 24.3 Å². The van der Waals surface area contributed by atoms with Gasteiger partial charge in [0.1, 0.15) is 5.82 Å². The quantitative estimate of drug-likeness (QED) is 0.703. The fourth-order valence-corrected chi connectivity index (χ4v) is 3.05. The summed E-state index contributed by atoms with van der Waals surface area (Å²) in [6, 6.07) is 6.55. The molecule has 0 aliphatic carbocycles. The number of ether oxygens (including phenoxy) is 1. The van der Waals surface area contributed by atoms with Crippen LogP contribution in [0, 0.1) is 12.7 Å². The van der Waals surface area contributed by atoms with Gasteiger partial charge in [-0.1, -0.05) is 0 Å². The molecule has 0 saturated carbocycles. The minimum Gasteiger partial charge on any atom is -0.490 e. The van der Waals surface area contributed by atoms with E-state index in [1.807, 2.05) is 13.0 Å². The topological polar surface area (TPSA) is 62.3 Å². The SMILES string of the molecule is CNc1cc(C)nc(Nc2ccc(F)c(OCCCN3CCCC3)c2)n1. The first-order chi connectivity index (χ1) is 12.6. The summed E-state index contributed by atoms with van der Waals surface area (Å²) >= 11 is 0. The fourth-order valence-electron chi connectivity index (χ4n) is 3.05. The molecule has 2 heterocycles. The van der Waals surface area contributed by atoms with Gasteiger partial charge in [0.05, 0.1) is 6.61 Å². The van der Waals surface area contributed by atoms with E-state index < -0.39 is 0 Å². The minimum absolute atomic E-state index is 0.248. The van der Waals surface area contributed by atoms with E-state index >= 15 is 0 Å². The summed E-state index contributed by atoms with van der Waals surface area (Å²) in [6.45, 7) is 5.73. The average molecular weight is 359 g/mol. The van der Waals surface area contributed by atoms with Crippen molar-refractivity contribution in [2.24, 2.45) is 0 Å². The smallest absolute Gasteiger partial charge is 0.229 e. The lowest BCUT2D eigenvalue weighted by molar-refractivity contribution is 0.256. The predicted octanol–water partition coefficient (Wildman–Crippen LogP) is 3.57. The third-order valence-corrected chi connectivity index (χ3v) is 4.37. The zero-order chi connectivity index (χ0) is 18.4. The van der Waals surface area contributed by atoms with Gasteiger partial charge in [0.25, 0.3) is 0 Å². The molecule has 26 heavy (non-hydrogen) atoms. The minimum atomic E-state index is -0.363. The third-order valence-electron chi connectivity index (χ3n) is 4.37. The monoisotopic (exact) mass is 359 g/mol. The first kappa shape index (κ1) is 18.4. The van der Waals surface area contributed by atoms with E-state index in [-0.39, 0.29) is 11.6 Å². The molecule has 1 aliphatic rings. The molecule has 140 valence electrons. The van der Waals surface area contributed by atoms with Crippen LogP contribution in [0.2, 0.25) is 0 Å². The summed E-state index contributed by atoms with van der Waals surface area (Å²) in [7, 11) is 1.80. The molecule has 0 unspecified atom stereocenters. The second kappa shape index (κ2) is 8.80. The number of benzene rings is 1. The Morgan fingerprint density at radius 1 is 1.19 bits per heavy atom. The normalized spacial score (nSPS) is 14.4. The number of aryl methyl sites for hydroxylation is 1. The van der Waals surface area contributed by atoms with Crippen molar-refractivity contribution in [1.29, 1.82) is 0 Å². The van der Waals surface area contributed by atoms with Crippen LogP contribution in [-0.4, -0.2) is 48.2 Å². The molecule has 3 rings (SSSR count). The van der Waals surface area contributed by atoms with Gasteiger partial charge in [-0.3, -0.25) is 0 Å². The van der Waals surface area contributed by atoms with E-state index in [0.29, 0.717) is 18.2 Å². The molecular formula is C19H26FN5O. The van der Waals surface area contributed by atoms with Gasteiger partial charge in [-0.25, -0.2) is 9.37 Å². The van der Waals surface area contributed by atoms with Crippen molar-refractivity contribution in [3.05, 3.63) is 35.8 Å². The number of halogens is 1. The summed E-state index contributed by atoms with van der Waals surface area (Å²) in [5.41, 5.74) is 1.53. The largest absolute Gasteiger partial charge is 0.490 e. The molecule has 1 aromatic heterocycles. The molecule has 0 atom stereocenters.